The SMILES string of the molecule is O=C(NC1CCCNC1)C1CCCN1C(=O)c1ccc(Br)cc1. The van der Waals surface area contributed by atoms with Crippen LogP contribution in [0.3, 0.4) is 0 Å². The van der Waals surface area contributed by atoms with Crippen LogP contribution in [-0.2, 0) is 4.79 Å². The van der Waals surface area contributed by atoms with Gasteiger partial charge in [-0.2, -0.15) is 0 Å². The van der Waals surface area contributed by atoms with Crippen LogP contribution in [0.4, 0.5) is 0 Å². The van der Waals surface area contributed by atoms with E-state index in [0.29, 0.717) is 12.1 Å². The maximum atomic E-state index is 12.7. The van der Waals surface area contributed by atoms with Gasteiger partial charge in [-0.05, 0) is 56.5 Å². The Kier molecular flexibility index (Phi) is 5.33. The highest BCUT2D eigenvalue weighted by molar-refractivity contribution is 9.10. The molecule has 2 amide bonds. The van der Waals surface area contributed by atoms with E-state index >= 15 is 0 Å². The largest absolute Gasteiger partial charge is 0.350 e. The monoisotopic (exact) mass is 379 g/mol. The Hall–Kier alpha value is -1.40. The van der Waals surface area contributed by atoms with E-state index in [9.17, 15) is 9.59 Å². The van der Waals surface area contributed by atoms with Crippen molar-refractivity contribution in [3.63, 3.8) is 0 Å². The van der Waals surface area contributed by atoms with Gasteiger partial charge in [0.1, 0.15) is 6.04 Å². The van der Waals surface area contributed by atoms with E-state index in [4.69, 9.17) is 0 Å². The van der Waals surface area contributed by atoms with E-state index in [2.05, 4.69) is 26.6 Å². The number of halogens is 1. The molecule has 0 bridgehead atoms. The van der Waals surface area contributed by atoms with Crippen molar-refractivity contribution in [3.05, 3.63) is 34.3 Å². The lowest BCUT2D eigenvalue weighted by molar-refractivity contribution is -0.125. The first-order chi connectivity index (χ1) is 11.1. The number of nitrogens with one attached hydrogen (secondary N) is 2. The molecule has 0 aromatic heterocycles. The average molecular weight is 380 g/mol. The normalized spacial score (nSPS) is 24.5. The van der Waals surface area contributed by atoms with Crippen molar-refractivity contribution in [1.29, 1.82) is 0 Å². The summed E-state index contributed by atoms with van der Waals surface area (Å²) in [4.78, 5) is 27.0. The molecule has 2 fully saturated rings. The minimum atomic E-state index is -0.340. The summed E-state index contributed by atoms with van der Waals surface area (Å²) in [6, 6.07) is 7.14. The Balaban J connectivity index is 1.65. The quantitative estimate of drug-likeness (QED) is 0.843. The minimum Gasteiger partial charge on any atom is -0.350 e. The van der Waals surface area contributed by atoms with E-state index in [1.54, 1.807) is 17.0 Å². The van der Waals surface area contributed by atoms with Crippen LogP contribution in [0.2, 0.25) is 0 Å². The Labute approximate surface area is 144 Å². The summed E-state index contributed by atoms with van der Waals surface area (Å²) >= 11 is 3.37. The van der Waals surface area contributed by atoms with Crippen LogP contribution in [0.25, 0.3) is 0 Å². The molecule has 0 saturated carbocycles. The highest BCUT2D eigenvalue weighted by atomic mass is 79.9. The van der Waals surface area contributed by atoms with Gasteiger partial charge in [-0.15, -0.1) is 0 Å². The zero-order valence-corrected chi connectivity index (χ0v) is 14.6. The molecule has 2 atom stereocenters. The van der Waals surface area contributed by atoms with Gasteiger partial charge in [-0.25, -0.2) is 0 Å². The number of hydrogen-bond acceptors (Lipinski definition) is 3. The van der Waals surface area contributed by atoms with Crippen molar-refractivity contribution in [1.82, 2.24) is 15.5 Å². The summed E-state index contributed by atoms with van der Waals surface area (Å²) in [5.41, 5.74) is 0.632. The van der Waals surface area contributed by atoms with Crippen LogP contribution in [-0.4, -0.2) is 48.4 Å². The number of hydrogen-bond donors (Lipinski definition) is 2. The summed E-state index contributed by atoms with van der Waals surface area (Å²) in [5, 5.41) is 6.40. The van der Waals surface area contributed by atoms with Gasteiger partial charge >= 0.3 is 0 Å². The third kappa shape index (κ3) is 3.93. The number of piperidine rings is 1. The van der Waals surface area contributed by atoms with E-state index in [-0.39, 0.29) is 23.9 Å². The molecule has 2 aliphatic rings. The lowest BCUT2D eigenvalue weighted by Crippen LogP contribution is -2.52. The van der Waals surface area contributed by atoms with Crippen molar-refractivity contribution in [2.75, 3.05) is 19.6 Å². The fourth-order valence-corrected chi connectivity index (χ4v) is 3.58. The van der Waals surface area contributed by atoms with Gasteiger partial charge in [-0.3, -0.25) is 9.59 Å². The second-order valence-corrected chi connectivity index (χ2v) is 7.13. The van der Waals surface area contributed by atoms with E-state index in [1.165, 1.54) is 0 Å². The Morgan fingerprint density at radius 1 is 1.17 bits per heavy atom. The number of amides is 2. The van der Waals surface area contributed by atoms with Crippen molar-refractivity contribution in [3.8, 4) is 0 Å². The summed E-state index contributed by atoms with van der Waals surface area (Å²) in [6.45, 7) is 2.49. The second kappa shape index (κ2) is 7.45. The molecule has 2 saturated heterocycles. The van der Waals surface area contributed by atoms with Crippen molar-refractivity contribution in [2.24, 2.45) is 0 Å². The first-order valence-corrected chi connectivity index (χ1v) is 9.02. The number of carbonyl (C=O) groups is 2. The lowest BCUT2D eigenvalue weighted by Gasteiger charge is -2.28. The van der Waals surface area contributed by atoms with E-state index in [1.807, 2.05) is 12.1 Å². The first kappa shape index (κ1) is 16.5. The molecule has 2 N–H and O–H groups in total. The van der Waals surface area contributed by atoms with Crippen molar-refractivity contribution >= 4 is 27.7 Å². The minimum absolute atomic E-state index is 0.0124. The Morgan fingerprint density at radius 3 is 2.65 bits per heavy atom. The van der Waals surface area contributed by atoms with Crippen LogP contribution >= 0.6 is 15.9 Å². The number of carbonyl (C=O) groups excluding carboxylic acids is 2. The second-order valence-electron chi connectivity index (χ2n) is 6.22. The average Bonchev–Trinajstić information content (AvgIpc) is 3.05. The molecular formula is C17H22BrN3O2. The van der Waals surface area contributed by atoms with Crippen LogP contribution in [0, 0.1) is 0 Å². The topological polar surface area (TPSA) is 61.4 Å². The van der Waals surface area contributed by atoms with Crippen LogP contribution in [0.15, 0.2) is 28.7 Å². The highest BCUT2D eigenvalue weighted by Crippen LogP contribution is 2.21. The van der Waals surface area contributed by atoms with Gasteiger partial charge in [0.25, 0.3) is 5.91 Å². The first-order valence-electron chi connectivity index (χ1n) is 8.23. The van der Waals surface area contributed by atoms with Crippen LogP contribution < -0.4 is 10.6 Å². The third-order valence-electron chi connectivity index (χ3n) is 4.55. The molecule has 1 aromatic rings. The summed E-state index contributed by atoms with van der Waals surface area (Å²) < 4.78 is 0.939. The zero-order chi connectivity index (χ0) is 16.2. The maximum absolute atomic E-state index is 12.7. The van der Waals surface area contributed by atoms with E-state index < -0.39 is 0 Å². The molecule has 2 heterocycles. The summed E-state index contributed by atoms with van der Waals surface area (Å²) in [6.07, 6.45) is 3.71. The van der Waals surface area contributed by atoms with E-state index in [0.717, 1.165) is 43.2 Å². The van der Waals surface area contributed by atoms with Gasteiger partial charge in [-0.1, -0.05) is 15.9 Å². The molecule has 124 valence electrons. The predicted octanol–water partition coefficient (Wildman–Crippen LogP) is 1.92. The lowest BCUT2D eigenvalue weighted by atomic mass is 10.1. The number of benzene rings is 1. The fourth-order valence-electron chi connectivity index (χ4n) is 3.31. The third-order valence-corrected chi connectivity index (χ3v) is 5.08. The molecule has 23 heavy (non-hydrogen) atoms. The molecular weight excluding hydrogens is 358 g/mol. The molecule has 6 heteroatoms. The van der Waals surface area contributed by atoms with Crippen molar-refractivity contribution in [2.45, 2.75) is 37.8 Å². The highest BCUT2D eigenvalue weighted by Gasteiger charge is 2.35. The summed E-state index contributed by atoms with van der Waals surface area (Å²) in [7, 11) is 0. The maximum Gasteiger partial charge on any atom is 0.254 e. The number of rotatable bonds is 3. The molecule has 2 unspecified atom stereocenters. The molecule has 1 aromatic carbocycles. The molecule has 2 aliphatic heterocycles. The van der Waals surface area contributed by atoms with Gasteiger partial charge in [0.15, 0.2) is 0 Å². The molecule has 0 radical (unpaired) electrons. The van der Waals surface area contributed by atoms with Crippen LogP contribution in [0.1, 0.15) is 36.0 Å². The predicted molar refractivity (Wildman–Crippen MR) is 92.2 cm³/mol. The molecule has 0 spiro atoms. The Bertz CT molecular complexity index is 570. The zero-order valence-electron chi connectivity index (χ0n) is 13.1. The number of nitrogens with zero attached hydrogens (tertiary/aromatic N) is 1. The summed E-state index contributed by atoms with van der Waals surface area (Å²) in [5.74, 6) is -0.0708. The van der Waals surface area contributed by atoms with Crippen molar-refractivity contribution < 1.29 is 9.59 Å². The molecule has 3 rings (SSSR count). The smallest absolute Gasteiger partial charge is 0.254 e. The fraction of sp³-hybridized carbons (Fsp3) is 0.529. The van der Waals surface area contributed by atoms with Gasteiger partial charge in [0, 0.05) is 29.2 Å². The van der Waals surface area contributed by atoms with Gasteiger partial charge in [0.2, 0.25) is 5.91 Å². The van der Waals surface area contributed by atoms with Gasteiger partial charge < -0.3 is 15.5 Å². The van der Waals surface area contributed by atoms with Gasteiger partial charge in [0.05, 0.1) is 0 Å². The number of likely N-dealkylation sites (tertiary alicyclic amines) is 1. The molecule has 0 aliphatic carbocycles. The standard InChI is InChI=1S/C17H22BrN3O2/c18-13-7-5-12(6-8-13)17(23)21-10-2-4-15(21)16(22)20-14-3-1-9-19-11-14/h5-8,14-15,19H,1-4,9-11H2,(H,20,22). The van der Waals surface area contributed by atoms with Crippen LogP contribution in [0.5, 0.6) is 0 Å². The Morgan fingerprint density at radius 2 is 1.96 bits per heavy atom. The molecule has 5 nitrogen and oxygen atoms in total.